The van der Waals surface area contributed by atoms with E-state index < -0.39 is 0 Å². The highest BCUT2D eigenvalue weighted by molar-refractivity contribution is 5.92. The van der Waals surface area contributed by atoms with E-state index in [9.17, 15) is 9.59 Å². The zero-order chi connectivity index (χ0) is 10.8. The van der Waals surface area contributed by atoms with Gasteiger partial charge in [0.15, 0.2) is 5.78 Å². The van der Waals surface area contributed by atoms with Crippen molar-refractivity contribution in [3.05, 3.63) is 11.8 Å². The second-order valence-corrected chi connectivity index (χ2v) is 4.23. The Balaban J connectivity index is 1.90. The number of carbonyl (C=O) groups excluding carboxylic acids is 2. The molecule has 4 heteroatoms. The molecule has 2 rings (SSSR count). The van der Waals surface area contributed by atoms with Crippen LogP contribution in [0.3, 0.4) is 0 Å². The number of amides is 1. The smallest absolute Gasteiger partial charge is 0.217 e. The number of nitrogens with zero attached hydrogens (tertiary/aromatic N) is 1. The lowest BCUT2D eigenvalue weighted by Gasteiger charge is -2.19. The predicted molar refractivity (Wildman–Crippen MR) is 56.1 cm³/mol. The Morgan fingerprint density at radius 3 is 2.93 bits per heavy atom. The Kier molecular flexibility index (Phi) is 2.75. The Morgan fingerprint density at radius 1 is 1.53 bits per heavy atom. The molecule has 1 fully saturated rings. The summed E-state index contributed by atoms with van der Waals surface area (Å²) < 4.78 is 0. The van der Waals surface area contributed by atoms with E-state index in [1.807, 2.05) is 0 Å². The largest absolute Gasteiger partial charge is 0.373 e. The molecule has 15 heavy (non-hydrogen) atoms. The molecule has 1 atom stereocenters. The summed E-state index contributed by atoms with van der Waals surface area (Å²) in [5, 5.41) is 2.91. The van der Waals surface area contributed by atoms with Crippen molar-refractivity contribution in [1.29, 1.82) is 0 Å². The van der Waals surface area contributed by atoms with Crippen LogP contribution in [0.1, 0.15) is 26.2 Å². The van der Waals surface area contributed by atoms with Gasteiger partial charge < -0.3 is 10.2 Å². The van der Waals surface area contributed by atoms with Gasteiger partial charge in [0.2, 0.25) is 5.91 Å². The SMILES string of the molecule is CC(=O)NC1CCN(C2=CC(=O)CC2)C1. The molecule has 0 spiro atoms. The van der Waals surface area contributed by atoms with Crippen LogP contribution in [0.2, 0.25) is 0 Å². The number of likely N-dealkylation sites (tertiary alicyclic amines) is 1. The lowest BCUT2D eigenvalue weighted by atomic mass is 10.2. The second-order valence-electron chi connectivity index (χ2n) is 4.23. The summed E-state index contributed by atoms with van der Waals surface area (Å²) in [6.45, 7) is 3.34. The summed E-state index contributed by atoms with van der Waals surface area (Å²) in [5.41, 5.74) is 1.15. The summed E-state index contributed by atoms with van der Waals surface area (Å²) in [5.74, 6) is 0.256. The maximum Gasteiger partial charge on any atom is 0.217 e. The quantitative estimate of drug-likeness (QED) is 0.716. The van der Waals surface area contributed by atoms with Gasteiger partial charge in [-0.25, -0.2) is 0 Å². The van der Waals surface area contributed by atoms with Gasteiger partial charge in [-0.3, -0.25) is 9.59 Å². The van der Waals surface area contributed by atoms with E-state index >= 15 is 0 Å². The minimum absolute atomic E-state index is 0.0262. The molecule has 1 aliphatic carbocycles. The number of nitrogens with one attached hydrogen (secondary N) is 1. The molecule has 1 heterocycles. The minimum atomic E-state index is 0.0262. The molecule has 1 saturated heterocycles. The van der Waals surface area contributed by atoms with Crippen LogP contribution in [0.5, 0.6) is 0 Å². The van der Waals surface area contributed by atoms with Crippen molar-refractivity contribution >= 4 is 11.7 Å². The van der Waals surface area contributed by atoms with Crippen molar-refractivity contribution in [2.24, 2.45) is 0 Å². The zero-order valence-electron chi connectivity index (χ0n) is 8.95. The highest BCUT2D eigenvalue weighted by atomic mass is 16.1. The van der Waals surface area contributed by atoms with Crippen LogP contribution in [-0.4, -0.2) is 35.7 Å². The first kappa shape index (κ1) is 10.2. The summed E-state index contributed by atoms with van der Waals surface area (Å²) >= 11 is 0. The average Bonchev–Trinajstić information content (AvgIpc) is 2.72. The highest BCUT2D eigenvalue weighted by Gasteiger charge is 2.26. The molecule has 1 N–H and O–H groups in total. The second kappa shape index (κ2) is 4.04. The van der Waals surface area contributed by atoms with Crippen molar-refractivity contribution in [3.63, 3.8) is 0 Å². The molecular formula is C11H16N2O2. The molecule has 0 aromatic carbocycles. The zero-order valence-corrected chi connectivity index (χ0v) is 8.95. The van der Waals surface area contributed by atoms with Crippen molar-refractivity contribution in [2.75, 3.05) is 13.1 Å². The third kappa shape index (κ3) is 2.37. The van der Waals surface area contributed by atoms with E-state index in [0.29, 0.717) is 6.42 Å². The first-order valence-electron chi connectivity index (χ1n) is 5.40. The van der Waals surface area contributed by atoms with Gasteiger partial charge in [0.25, 0.3) is 0 Å². The first-order valence-corrected chi connectivity index (χ1v) is 5.40. The van der Waals surface area contributed by atoms with E-state index in [1.54, 1.807) is 13.0 Å². The fourth-order valence-corrected chi connectivity index (χ4v) is 2.26. The number of rotatable bonds is 2. The average molecular weight is 208 g/mol. The number of hydrogen-bond acceptors (Lipinski definition) is 3. The molecule has 1 aliphatic heterocycles. The number of ketones is 1. The minimum Gasteiger partial charge on any atom is -0.373 e. The van der Waals surface area contributed by atoms with Gasteiger partial charge in [0, 0.05) is 44.2 Å². The number of hydrogen-bond donors (Lipinski definition) is 1. The van der Waals surface area contributed by atoms with Crippen LogP contribution in [-0.2, 0) is 9.59 Å². The fourth-order valence-electron chi connectivity index (χ4n) is 2.26. The van der Waals surface area contributed by atoms with E-state index in [0.717, 1.165) is 31.6 Å². The van der Waals surface area contributed by atoms with Gasteiger partial charge in [0.05, 0.1) is 0 Å². The highest BCUT2D eigenvalue weighted by Crippen LogP contribution is 2.23. The molecule has 0 bridgehead atoms. The van der Waals surface area contributed by atoms with Crippen LogP contribution in [0.15, 0.2) is 11.8 Å². The van der Waals surface area contributed by atoms with Crippen molar-refractivity contribution in [3.8, 4) is 0 Å². The van der Waals surface area contributed by atoms with Crippen molar-refractivity contribution in [1.82, 2.24) is 10.2 Å². The van der Waals surface area contributed by atoms with E-state index in [1.165, 1.54) is 0 Å². The molecule has 4 nitrogen and oxygen atoms in total. The Morgan fingerprint density at radius 2 is 2.33 bits per heavy atom. The molecule has 82 valence electrons. The number of carbonyl (C=O) groups is 2. The Hall–Kier alpha value is -1.32. The monoisotopic (exact) mass is 208 g/mol. The van der Waals surface area contributed by atoms with E-state index in [4.69, 9.17) is 0 Å². The summed E-state index contributed by atoms with van der Waals surface area (Å²) in [6.07, 6.45) is 4.24. The normalized spacial score (nSPS) is 25.7. The fraction of sp³-hybridized carbons (Fsp3) is 0.636. The molecule has 0 saturated carbocycles. The van der Waals surface area contributed by atoms with Crippen LogP contribution in [0, 0.1) is 0 Å². The Labute approximate surface area is 89.3 Å². The van der Waals surface area contributed by atoms with Crippen LogP contribution < -0.4 is 5.32 Å². The standard InChI is InChI=1S/C11H16N2O2/c1-8(14)12-9-4-5-13(7-9)10-2-3-11(15)6-10/h6,9H,2-5,7H2,1H3,(H,12,14). The van der Waals surface area contributed by atoms with E-state index in [-0.39, 0.29) is 17.7 Å². The Bertz CT molecular complexity index is 323. The van der Waals surface area contributed by atoms with Gasteiger partial charge in [0.1, 0.15) is 0 Å². The van der Waals surface area contributed by atoms with Gasteiger partial charge in [-0.05, 0) is 12.8 Å². The summed E-state index contributed by atoms with van der Waals surface area (Å²) in [6, 6.07) is 0.249. The van der Waals surface area contributed by atoms with Gasteiger partial charge in [-0.2, -0.15) is 0 Å². The van der Waals surface area contributed by atoms with Crippen LogP contribution in [0.4, 0.5) is 0 Å². The first-order chi connectivity index (χ1) is 7.15. The molecular weight excluding hydrogens is 192 g/mol. The number of allylic oxidation sites excluding steroid dienone is 2. The van der Waals surface area contributed by atoms with Crippen LogP contribution >= 0.6 is 0 Å². The lowest BCUT2D eigenvalue weighted by Crippen LogP contribution is -2.35. The lowest BCUT2D eigenvalue weighted by molar-refractivity contribution is -0.119. The van der Waals surface area contributed by atoms with Gasteiger partial charge in [-0.15, -0.1) is 0 Å². The summed E-state index contributed by atoms with van der Waals surface area (Å²) in [4.78, 5) is 24.2. The maximum atomic E-state index is 11.1. The van der Waals surface area contributed by atoms with Crippen molar-refractivity contribution in [2.45, 2.75) is 32.2 Å². The molecule has 0 aromatic rings. The van der Waals surface area contributed by atoms with Crippen molar-refractivity contribution < 1.29 is 9.59 Å². The molecule has 2 aliphatic rings. The predicted octanol–water partition coefficient (Wildman–Crippen LogP) is 0.444. The summed E-state index contributed by atoms with van der Waals surface area (Å²) in [7, 11) is 0. The van der Waals surface area contributed by atoms with Gasteiger partial charge >= 0.3 is 0 Å². The molecule has 0 radical (unpaired) electrons. The topological polar surface area (TPSA) is 49.4 Å². The molecule has 1 unspecified atom stereocenters. The van der Waals surface area contributed by atoms with Crippen LogP contribution in [0.25, 0.3) is 0 Å². The third-order valence-corrected chi connectivity index (χ3v) is 2.96. The van der Waals surface area contributed by atoms with E-state index in [2.05, 4.69) is 10.2 Å². The third-order valence-electron chi connectivity index (χ3n) is 2.96. The molecule has 0 aromatic heterocycles. The van der Waals surface area contributed by atoms with Gasteiger partial charge in [-0.1, -0.05) is 0 Å². The maximum absolute atomic E-state index is 11.1. The molecule has 1 amide bonds.